The molecule has 0 spiro atoms. The Bertz CT molecular complexity index is 581. The normalized spacial score (nSPS) is 11.0. The van der Waals surface area contributed by atoms with E-state index in [4.69, 9.17) is 9.47 Å². The first-order valence-corrected chi connectivity index (χ1v) is 8.17. The first-order chi connectivity index (χ1) is 10.3. The third kappa shape index (κ3) is 4.13. The van der Waals surface area contributed by atoms with Crippen LogP contribution in [0.2, 0.25) is 5.32 Å². The Balaban J connectivity index is 2.34. The fourth-order valence-corrected chi connectivity index (χ4v) is 3.14. The summed E-state index contributed by atoms with van der Waals surface area (Å²) in [6, 6.07) is 14.4. The third-order valence-corrected chi connectivity index (χ3v) is 4.30. The summed E-state index contributed by atoms with van der Waals surface area (Å²) < 4.78 is 12.2. The Morgan fingerprint density at radius 2 is 1.48 bits per heavy atom. The SMILES string of the molecule is C[CH2][Fe][c]1c(OC)cc(C=Cc2ccccc2)cc1OC. The molecule has 0 saturated heterocycles. The number of rotatable bonds is 6. The fourth-order valence-electron chi connectivity index (χ4n) is 1.98. The van der Waals surface area contributed by atoms with Crippen LogP contribution in [0.15, 0.2) is 42.5 Å². The molecule has 2 nitrogen and oxygen atoms in total. The van der Waals surface area contributed by atoms with Gasteiger partial charge in [0.25, 0.3) is 0 Å². The van der Waals surface area contributed by atoms with Gasteiger partial charge in [-0.05, 0) is 0 Å². The van der Waals surface area contributed by atoms with E-state index in [2.05, 4.69) is 43.3 Å². The van der Waals surface area contributed by atoms with Gasteiger partial charge in [0.2, 0.25) is 0 Å². The first kappa shape index (κ1) is 15.7. The van der Waals surface area contributed by atoms with Crippen LogP contribution in [-0.4, -0.2) is 14.2 Å². The average Bonchev–Trinajstić information content (AvgIpc) is 2.54. The molecule has 0 radical (unpaired) electrons. The zero-order chi connectivity index (χ0) is 15.1. The molecule has 2 rings (SSSR count). The van der Waals surface area contributed by atoms with Gasteiger partial charge in [-0.1, -0.05) is 0 Å². The average molecular weight is 324 g/mol. The molecule has 0 bridgehead atoms. The Kier molecular flexibility index (Phi) is 5.91. The number of benzene rings is 2. The van der Waals surface area contributed by atoms with Gasteiger partial charge in [-0.25, -0.2) is 0 Å². The first-order valence-electron chi connectivity index (χ1n) is 6.83. The van der Waals surface area contributed by atoms with Crippen molar-refractivity contribution >= 4 is 16.6 Å². The van der Waals surface area contributed by atoms with Crippen molar-refractivity contribution in [2.75, 3.05) is 14.2 Å². The topological polar surface area (TPSA) is 18.5 Å². The van der Waals surface area contributed by atoms with Crippen LogP contribution in [0.1, 0.15) is 18.1 Å². The molecule has 112 valence electrons. The number of methoxy groups -OCH3 is 2. The molecular formula is C18H20FeO2. The molecule has 0 fully saturated rings. The summed E-state index contributed by atoms with van der Waals surface area (Å²) in [4.78, 5) is 0. The van der Waals surface area contributed by atoms with Gasteiger partial charge in [0.1, 0.15) is 0 Å². The fraction of sp³-hybridized carbons (Fsp3) is 0.222. The standard InChI is InChI=1S/C16H15O2.C2H5.Fe/c1-17-15-10-14(11-16(12-15)18-2)9-8-13-6-4-3-5-7-13;1-2;/h3-11H,1-2H3;1H2,2H3;. The van der Waals surface area contributed by atoms with Crippen molar-refractivity contribution in [1.82, 2.24) is 0 Å². The van der Waals surface area contributed by atoms with E-state index in [0.717, 1.165) is 41.8 Å². The van der Waals surface area contributed by atoms with E-state index in [9.17, 15) is 0 Å². The van der Waals surface area contributed by atoms with Crippen molar-refractivity contribution < 1.29 is 24.4 Å². The maximum absolute atomic E-state index is 5.52. The zero-order valence-electron chi connectivity index (χ0n) is 12.6. The van der Waals surface area contributed by atoms with Crippen molar-refractivity contribution in [3.8, 4) is 11.5 Å². The minimum absolute atomic E-state index is 0.893. The van der Waals surface area contributed by atoms with Gasteiger partial charge in [0, 0.05) is 0 Å². The van der Waals surface area contributed by atoms with Crippen molar-refractivity contribution in [3.05, 3.63) is 53.6 Å². The van der Waals surface area contributed by atoms with Gasteiger partial charge in [-0.3, -0.25) is 0 Å². The molecule has 0 aliphatic rings. The monoisotopic (exact) mass is 324 g/mol. The van der Waals surface area contributed by atoms with Crippen molar-refractivity contribution in [3.63, 3.8) is 0 Å². The van der Waals surface area contributed by atoms with Gasteiger partial charge in [0.15, 0.2) is 0 Å². The number of hydrogen-bond acceptors (Lipinski definition) is 2. The van der Waals surface area contributed by atoms with Crippen molar-refractivity contribution in [1.29, 1.82) is 0 Å². The molecule has 0 N–H and O–H groups in total. The minimum atomic E-state index is 0.893. The molecule has 21 heavy (non-hydrogen) atoms. The Morgan fingerprint density at radius 1 is 0.905 bits per heavy atom. The molecule has 0 heterocycles. The van der Waals surface area contributed by atoms with Gasteiger partial charge >= 0.3 is 133 Å². The van der Waals surface area contributed by atoms with Crippen LogP contribution < -0.4 is 13.9 Å². The Morgan fingerprint density at radius 3 is 2.00 bits per heavy atom. The molecular weight excluding hydrogens is 304 g/mol. The van der Waals surface area contributed by atoms with Crippen LogP contribution >= 0.6 is 0 Å². The van der Waals surface area contributed by atoms with Gasteiger partial charge < -0.3 is 0 Å². The Hall–Kier alpha value is -1.70. The van der Waals surface area contributed by atoms with E-state index in [1.165, 1.54) is 5.56 Å². The summed E-state index contributed by atoms with van der Waals surface area (Å²) in [5.41, 5.74) is 2.25. The summed E-state index contributed by atoms with van der Waals surface area (Å²) in [6.45, 7) is 2.15. The van der Waals surface area contributed by atoms with Crippen molar-refractivity contribution in [2.24, 2.45) is 0 Å². The van der Waals surface area contributed by atoms with Gasteiger partial charge in [-0.15, -0.1) is 0 Å². The molecule has 0 atom stereocenters. The molecule has 0 aliphatic carbocycles. The third-order valence-electron chi connectivity index (χ3n) is 2.97. The molecule has 0 aromatic heterocycles. The molecule has 0 aliphatic heterocycles. The van der Waals surface area contributed by atoms with E-state index < -0.39 is 0 Å². The predicted octanol–water partition coefficient (Wildman–Crippen LogP) is 4.02. The second-order valence-electron chi connectivity index (χ2n) is 4.35. The molecule has 0 saturated carbocycles. The number of hydrogen-bond donors (Lipinski definition) is 0. The van der Waals surface area contributed by atoms with Crippen molar-refractivity contribution in [2.45, 2.75) is 12.2 Å². The maximum atomic E-state index is 5.52. The second-order valence-corrected chi connectivity index (χ2v) is 6.07. The number of ether oxygens (including phenoxy) is 2. The molecule has 0 amide bonds. The summed E-state index contributed by atoms with van der Waals surface area (Å²) >= 11 is 0.953. The van der Waals surface area contributed by atoms with Crippen LogP contribution in [-0.2, 0) is 15.0 Å². The van der Waals surface area contributed by atoms with Gasteiger partial charge in [0.05, 0.1) is 0 Å². The summed E-state index contributed by atoms with van der Waals surface area (Å²) in [5, 5.41) is 1.06. The van der Waals surface area contributed by atoms with Gasteiger partial charge in [-0.2, -0.15) is 0 Å². The molecule has 2 aromatic rings. The van der Waals surface area contributed by atoms with E-state index in [1.54, 1.807) is 14.2 Å². The van der Waals surface area contributed by atoms with E-state index in [1.807, 2.05) is 18.2 Å². The van der Waals surface area contributed by atoms with E-state index >= 15 is 0 Å². The van der Waals surface area contributed by atoms with E-state index in [-0.39, 0.29) is 0 Å². The van der Waals surface area contributed by atoms with Crippen LogP contribution in [0.5, 0.6) is 11.5 Å². The second kappa shape index (κ2) is 7.92. The summed E-state index contributed by atoms with van der Waals surface area (Å²) in [6.07, 6.45) is 4.17. The molecule has 2 aromatic carbocycles. The predicted molar refractivity (Wildman–Crippen MR) is 85.0 cm³/mol. The van der Waals surface area contributed by atoms with Crippen LogP contribution in [0.3, 0.4) is 0 Å². The summed E-state index contributed by atoms with van der Waals surface area (Å²) in [5.74, 6) is 1.79. The zero-order valence-corrected chi connectivity index (χ0v) is 13.7. The van der Waals surface area contributed by atoms with Crippen LogP contribution in [0, 0.1) is 0 Å². The quantitative estimate of drug-likeness (QED) is 0.590. The Labute approximate surface area is 132 Å². The van der Waals surface area contributed by atoms with Crippen LogP contribution in [0.25, 0.3) is 12.2 Å². The molecule has 0 unspecified atom stereocenters. The molecule has 3 heteroatoms. The van der Waals surface area contributed by atoms with Crippen LogP contribution in [0.4, 0.5) is 0 Å². The summed E-state index contributed by atoms with van der Waals surface area (Å²) in [7, 11) is 3.41. The van der Waals surface area contributed by atoms with E-state index in [0.29, 0.717) is 0 Å².